The number of nitrogens with two attached hydrogens (primary N) is 1. The summed E-state index contributed by atoms with van der Waals surface area (Å²) in [6.07, 6.45) is 1.12. The van der Waals surface area contributed by atoms with Crippen molar-refractivity contribution in [3.05, 3.63) is 29.8 Å². The molecule has 19 heavy (non-hydrogen) atoms. The Kier molecular flexibility index (Phi) is 4.47. The van der Waals surface area contributed by atoms with Crippen molar-refractivity contribution in [2.45, 2.75) is 26.3 Å². The number of nitrogens with one attached hydrogen (secondary N) is 1. The minimum atomic E-state index is -0.415. The van der Waals surface area contributed by atoms with Gasteiger partial charge in [0.15, 0.2) is 5.17 Å². The maximum atomic E-state index is 11.1. The van der Waals surface area contributed by atoms with Crippen molar-refractivity contribution < 1.29 is 4.79 Å². The van der Waals surface area contributed by atoms with Crippen LogP contribution >= 0.6 is 11.8 Å². The van der Waals surface area contributed by atoms with E-state index in [4.69, 9.17) is 10.7 Å². The zero-order valence-corrected chi connectivity index (χ0v) is 12.0. The van der Waals surface area contributed by atoms with E-state index in [9.17, 15) is 4.79 Å². The number of carbonyl (C=O) groups is 1. The summed E-state index contributed by atoms with van der Waals surface area (Å²) in [4.78, 5) is 15.8. The fraction of sp³-hybridized carbons (Fsp3) is 0.429. The highest BCUT2D eigenvalue weighted by Gasteiger charge is 2.18. The van der Waals surface area contributed by atoms with Crippen molar-refractivity contribution in [2.75, 3.05) is 11.1 Å². The highest BCUT2D eigenvalue weighted by molar-refractivity contribution is 8.14. The Morgan fingerprint density at radius 1 is 1.53 bits per heavy atom. The van der Waals surface area contributed by atoms with Crippen molar-refractivity contribution in [3.63, 3.8) is 0 Å². The maximum absolute atomic E-state index is 11.1. The number of anilines is 1. The lowest BCUT2D eigenvalue weighted by Gasteiger charge is -2.23. The van der Waals surface area contributed by atoms with E-state index in [-0.39, 0.29) is 0 Å². The topological polar surface area (TPSA) is 67.5 Å². The van der Waals surface area contributed by atoms with Gasteiger partial charge in [0.25, 0.3) is 0 Å². The lowest BCUT2D eigenvalue weighted by atomic mass is 10.0. The Morgan fingerprint density at radius 2 is 2.32 bits per heavy atom. The number of hydrogen-bond acceptors (Lipinski definition) is 4. The number of aliphatic imine (C=N–C) groups is 1. The van der Waals surface area contributed by atoms with Gasteiger partial charge in [0, 0.05) is 17.0 Å². The highest BCUT2D eigenvalue weighted by Crippen LogP contribution is 2.23. The van der Waals surface area contributed by atoms with E-state index in [1.165, 1.54) is 0 Å². The van der Waals surface area contributed by atoms with E-state index in [2.05, 4.69) is 19.2 Å². The lowest BCUT2D eigenvalue weighted by Crippen LogP contribution is -2.24. The van der Waals surface area contributed by atoms with E-state index >= 15 is 0 Å². The molecule has 0 aromatic heterocycles. The van der Waals surface area contributed by atoms with Gasteiger partial charge < -0.3 is 11.1 Å². The molecular formula is C14H19N3OS. The van der Waals surface area contributed by atoms with Crippen LogP contribution in [0.15, 0.2) is 29.3 Å². The van der Waals surface area contributed by atoms with E-state index in [1.54, 1.807) is 23.9 Å². The molecule has 3 N–H and O–H groups in total. The van der Waals surface area contributed by atoms with Gasteiger partial charge in [0.1, 0.15) is 0 Å². The Labute approximate surface area is 117 Å². The largest absolute Gasteiger partial charge is 0.366 e. The van der Waals surface area contributed by atoms with Gasteiger partial charge >= 0.3 is 0 Å². The van der Waals surface area contributed by atoms with Gasteiger partial charge in [-0.15, -0.1) is 0 Å². The highest BCUT2D eigenvalue weighted by atomic mass is 32.2. The minimum absolute atomic E-state index is 0.378. The molecule has 0 saturated carbocycles. The number of amides is 1. The van der Waals surface area contributed by atoms with E-state index in [0.717, 1.165) is 23.0 Å². The number of nitrogens with zero attached hydrogens (tertiary/aromatic N) is 1. The predicted octanol–water partition coefficient (Wildman–Crippen LogP) is 2.71. The van der Waals surface area contributed by atoms with Crippen LogP contribution in [0, 0.1) is 5.92 Å². The fourth-order valence-corrected chi connectivity index (χ4v) is 2.91. The molecule has 1 heterocycles. The third-order valence-electron chi connectivity index (χ3n) is 3.10. The Hall–Kier alpha value is -1.49. The molecule has 1 aliphatic rings. The first-order valence-corrected chi connectivity index (χ1v) is 7.42. The van der Waals surface area contributed by atoms with Crippen molar-refractivity contribution in [1.82, 2.24) is 0 Å². The smallest absolute Gasteiger partial charge is 0.248 e. The van der Waals surface area contributed by atoms with Gasteiger partial charge in [-0.2, -0.15) is 0 Å². The zero-order chi connectivity index (χ0) is 13.8. The van der Waals surface area contributed by atoms with Crippen molar-refractivity contribution in [1.29, 1.82) is 0 Å². The summed E-state index contributed by atoms with van der Waals surface area (Å²) >= 11 is 1.72. The number of amidine groups is 1. The Balaban J connectivity index is 2.12. The van der Waals surface area contributed by atoms with Crippen molar-refractivity contribution in [2.24, 2.45) is 16.6 Å². The van der Waals surface area contributed by atoms with Crippen molar-refractivity contribution in [3.8, 4) is 0 Å². The third kappa shape index (κ3) is 3.73. The first kappa shape index (κ1) is 13.9. The van der Waals surface area contributed by atoms with Gasteiger partial charge in [0.05, 0.1) is 6.04 Å². The SMILES string of the molecule is CC(C)C1CCSC(Nc2cccc(C(N)=O)c2)=N1. The van der Waals surface area contributed by atoms with Crippen LogP contribution in [-0.4, -0.2) is 22.9 Å². The number of rotatable bonds is 3. The number of thioether (sulfide) groups is 1. The molecule has 1 aromatic carbocycles. The molecule has 1 amide bonds. The van der Waals surface area contributed by atoms with Crippen LogP contribution in [0.25, 0.3) is 0 Å². The van der Waals surface area contributed by atoms with E-state index in [0.29, 0.717) is 17.5 Å². The monoisotopic (exact) mass is 277 g/mol. The predicted molar refractivity (Wildman–Crippen MR) is 81.7 cm³/mol. The third-order valence-corrected chi connectivity index (χ3v) is 4.02. The Bertz CT molecular complexity index is 499. The van der Waals surface area contributed by atoms with E-state index < -0.39 is 5.91 Å². The standard InChI is InChI=1S/C14H19N3OS/c1-9(2)12-6-7-19-14(17-12)16-11-5-3-4-10(8-11)13(15)18/h3-5,8-9,12H,6-7H2,1-2H3,(H2,15,18)(H,16,17). The van der Waals surface area contributed by atoms with Crippen molar-refractivity contribution >= 4 is 28.5 Å². The second kappa shape index (κ2) is 6.10. The molecule has 1 aliphatic heterocycles. The molecule has 0 fully saturated rings. The van der Waals surface area contributed by atoms with Gasteiger partial charge in [-0.1, -0.05) is 31.7 Å². The summed E-state index contributed by atoms with van der Waals surface area (Å²) in [5, 5.41) is 4.19. The number of primary amides is 1. The molecule has 0 spiro atoms. The number of hydrogen-bond donors (Lipinski definition) is 2. The second-order valence-electron chi connectivity index (χ2n) is 4.95. The van der Waals surface area contributed by atoms with Crippen LogP contribution in [0.2, 0.25) is 0 Å². The minimum Gasteiger partial charge on any atom is -0.366 e. The van der Waals surface area contributed by atoms with Gasteiger partial charge in [-0.3, -0.25) is 9.79 Å². The van der Waals surface area contributed by atoms with Gasteiger partial charge in [0.2, 0.25) is 5.91 Å². The van der Waals surface area contributed by atoms with Crippen LogP contribution in [0.4, 0.5) is 5.69 Å². The maximum Gasteiger partial charge on any atom is 0.248 e. The average Bonchev–Trinajstić information content (AvgIpc) is 2.39. The van der Waals surface area contributed by atoms with Crippen LogP contribution in [0.3, 0.4) is 0 Å². The molecule has 0 aliphatic carbocycles. The second-order valence-corrected chi connectivity index (χ2v) is 6.04. The lowest BCUT2D eigenvalue weighted by molar-refractivity contribution is 0.100. The quantitative estimate of drug-likeness (QED) is 0.892. The van der Waals surface area contributed by atoms with Crippen LogP contribution in [0.5, 0.6) is 0 Å². The van der Waals surface area contributed by atoms with Crippen LogP contribution in [0.1, 0.15) is 30.6 Å². The zero-order valence-electron chi connectivity index (χ0n) is 11.2. The molecular weight excluding hydrogens is 258 g/mol. The summed E-state index contributed by atoms with van der Waals surface area (Å²) in [7, 11) is 0. The number of benzene rings is 1. The van der Waals surface area contributed by atoms with Gasteiger partial charge in [-0.25, -0.2) is 0 Å². The molecule has 4 nitrogen and oxygen atoms in total. The normalized spacial score (nSPS) is 19.1. The molecule has 0 radical (unpaired) electrons. The Morgan fingerprint density at radius 3 is 3.00 bits per heavy atom. The molecule has 102 valence electrons. The summed E-state index contributed by atoms with van der Waals surface area (Å²) < 4.78 is 0. The van der Waals surface area contributed by atoms with Crippen LogP contribution < -0.4 is 11.1 Å². The summed E-state index contributed by atoms with van der Waals surface area (Å²) in [5.74, 6) is 1.21. The number of carbonyl (C=O) groups excluding carboxylic acids is 1. The molecule has 1 atom stereocenters. The van der Waals surface area contributed by atoms with Crippen LogP contribution in [-0.2, 0) is 0 Å². The molecule has 5 heteroatoms. The first-order valence-electron chi connectivity index (χ1n) is 6.44. The molecule has 2 rings (SSSR count). The molecule has 1 unspecified atom stereocenters. The average molecular weight is 277 g/mol. The fourth-order valence-electron chi connectivity index (χ4n) is 1.95. The summed E-state index contributed by atoms with van der Waals surface area (Å²) in [6, 6.07) is 7.57. The molecule has 1 aromatic rings. The summed E-state index contributed by atoms with van der Waals surface area (Å²) in [6.45, 7) is 4.38. The first-order chi connectivity index (χ1) is 9.06. The molecule has 0 saturated heterocycles. The summed E-state index contributed by atoms with van der Waals surface area (Å²) in [5.41, 5.74) is 6.64. The van der Waals surface area contributed by atoms with Gasteiger partial charge in [-0.05, 0) is 30.5 Å². The molecule has 0 bridgehead atoms. The van der Waals surface area contributed by atoms with E-state index in [1.807, 2.05) is 12.1 Å².